The van der Waals surface area contributed by atoms with Gasteiger partial charge in [0, 0.05) is 0 Å². The fourth-order valence-corrected chi connectivity index (χ4v) is 3.73. The largest absolute Gasteiger partial charge is 0.478 e. The summed E-state index contributed by atoms with van der Waals surface area (Å²) in [6, 6.07) is 16.0. The van der Waals surface area contributed by atoms with E-state index in [0.717, 1.165) is 31.2 Å². The van der Waals surface area contributed by atoms with Crippen LogP contribution in [0.25, 0.3) is 0 Å². The van der Waals surface area contributed by atoms with Crippen molar-refractivity contribution >= 4 is 11.9 Å². The molecule has 0 saturated heterocycles. The van der Waals surface area contributed by atoms with Crippen LogP contribution in [0.4, 0.5) is 0 Å². The topological polar surface area (TPSA) is 63.6 Å². The lowest BCUT2D eigenvalue weighted by Gasteiger charge is -2.24. The second-order valence-electron chi connectivity index (χ2n) is 7.54. The van der Waals surface area contributed by atoms with Crippen LogP contribution in [-0.2, 0) is 4.74 Å². The Morgan fingerprint density at radius 2 is 1.52 bits per heavy atom. The van der Waals surface area contributed by atoms with Crippen LogP contribution in [0.15, 0.2) is 54.6 Å². The highest BCUT2D eigenvalue weighted by Crippen LogP contribution is 2.31. The highest BCUT2D eigenvalue weighted by Gasteiger charge is 2.24. The minimum Gasteiger partial charge on any atom is -0.478 e. The number of rotatable bonds is 12. The molecule has 29 heavy (non-hydrogen) atoms. The summed E-state index contributed by atoms with van der Waals surface area (Å²) in [6.07, 6.45) is 7.24. The van der Waals surface area contributed by atoms with Gasteiger partial charge in [0.2, 0.25) is 0 Å². The lowest BCUT2D eigenvalue weighted by Crippen LogP contribution is -2.18. The van der Waals surface area contributed by atoms with Crippen LogP contribution in [0.5, 0.6) is 0 Å². The highest BCUT2D eigenvalue weighted by molar-refractivity contribution is 6.02. The number of ether oxygens (including phenoxy) is 1. The number of carboxylic acid groups (broad SMARTS) is 1. The summed E-state index contributed by atoms with van der Waals surface area (Å²) < 4.78 is 5.89. The molecule has 0 heterocycles. The van der Waals surface area contributed by atoms with Crippen molar-refractivity contribution in [1.29, 1.82) is 0 Å². The van der Waals surface area contributed by atoms with Crippen molar-refractivity contribution in [2.45, 2.75) is 64.9 Å². The van der Waals surface area contributed by atoms with Crippen molar-refractivity contribution in [2.24, 2.45) is 5.92 Å². The Bertz CT molecular complexity index is 769. The Balaban J connectivity index is 2.22. The standard InChI is InChI=1S/C25H32O4/c1-3-5-7-13-19(12-4-2)18-23(20-14-8-6-9-15-20)29-25(28)22-17-11-10-16-21(22)24(26)27/h6,8-11,14-17,19,23H,3-5,7,12-13,18H2,1-2H3,(H,26,27). The van der Waals surface area contributed by atoms with Gasteiger partial charge in [-0.3, -0.25) is 0 Å². The average molecular weight is 397 g/mol. The molecule has 2 atom stereocenters. The molecule has 1 N–H and O–H groups in total. The van der Waals surface area contributed by atoms with Crippen molar-refractivity contribution in [1.82, 2.24) is 0 Å². The lowest BCUT2D eigenvalue weighted by molar-refractivity contribution is 0.0222. The van der Waals surface area contributed by atoms with Gasteiger partial charge in [0.1, 0.15) is 6.10 Å². The number of aromatic carboxylic acids is 1. The van der Waals surface area contributed by atoms with Crippen LogP contribution in [0, 0.1) is 5.92 Å². The first-order valence-electron chi connectivity index (χ1n) is 10.6. The maximum Gasteiger partial charge on any atom is 0.339 e. The van der Waals surface area contributed by atoms with Crippen LogP contribution in [0.3, 0.4) is 0 Å². The zero-order valence-corrected chi connectivity index (χ0v) is 17.5. The van der Waals surface area contributed by atoms with Crippen molar-refractivity contribution in [3.63, 3.8) is 0 Å². The zero-order chi connectivity index (χ0) is 21.1. The Morgan fingerprint density at radius 1 is 0.862 bits per heavy atom. The molecule has 0 aliphatic rings. The molecular formula is C25H32O4. The van der Waals surface area contributed by atoms with Gasteiger partial charge in [0.05, 0.1) is 11.1 Å². The van der Waals surface area contributed by atoms with Crippen molar-refractivity contribution in [2.75, 3.05) is 0 Å². The molecule has 0 aromatic heterocycles. The minimum atomic E-state index is -1.13. The summed E-state index contributed by atoms with van der Waals surface area (Å²) in [5, 5.41) is 9.39. The number of hydrogen-bond donors (Lipinski definition) is 1. The molecule has 2 aromatic carbocycles. The van der Waals surface area contributed by atoms with Crippen LogP contribution in [0.1, 0.15) is 91.2 Å². The smallest absolute Gasteiger partial charge is 0.339 e. The van der Waals surface area contributed by atoms with Crippen LogP contribution < -0.4 is 0 Å². The van der Waals surface area contributed by atoms with E-state index in [9.17, 15) is 14.7 Å². The Morgan fingerprint density at radius 3 is 2.14 bits per heavy atom. The van der Waals surface area contributed by atoms with Crippen LogP contribution in [0.2, 0.25) is 0 Å². The molecule has 156 valence electrons. The molecule has 2 aromatic rings. The Hall–Kier alpha value is -2.62. The van der Waals surface area contributed by atoms with Gasteiger partial charge in [-0.1, -0.05) is 94.8 Å². The van der Waals surface area contributed by atoms with Crippen LogP contribution in [-0.4, -0.2) is 17.0 Å². The lowest BCUT2D eigenvalue weighted by atomic mass is 9.89. The van der Waals surface area contributed by atoms with Crippen molar-refractivity contribution in [3.8, 4) is 0 Å². The first-order chi connectivity index (χ1) is 14.1. The van der Waals surface area contributed by atoms with Gasteiger partial charge < -0.3 is 9.84 Å². The zero-order valence-electron chi connectivity index (χ0n) is 17.5. The third-order valence-corrected chi connectivity index (χ3v) is 5.26. The molecule has 2 rings (SSSR count). The molecule has 4 nitrogen and oxygen atoms in total. The SMILES string of the molecule is CCCCCC(CCC)CC(OC(=O)c1ccccc1C(=O)O)c1ccccc1. The maximum absolute atomic E-state index is 12.9. The molecule has 0 saturated carbocycles. The average Bonchev–Trinajstić information content (AvgIpc) is 2.74. The fraction of sp³-hybridized carbons (Fsp3) is 0.440. The minimum absolute atomic E-state index is 0.0302. The van der Waals surface area contributed by atoms with Gasteiger partial charge in [-0.15, -0.1) is 0 Å². The third-order valence-electron chi connectivity index (χ3n) is 5.26. The summed E-state index contributed by atoms with van der Waals surface area (Å²) >= 11 is 0. The summed E-state index contributed by atoms with van der Waals surface area (Å²) in [4.78, 5) is 24.4. The number of hydrogen-bond acceptors (Lipinski definition) is 3. The van der Waals surface area contributed by atoms with Gasteiger partial charge in [0.15, 0.2) is 0 Å². The van der Waals surface area contributed by atoms with Crippen molar-refractivity contribution in [3.05, 3.63) is 71.3 Å². The predicted octanol–water partition coefficient (Wildman–Crippen LogP) is 6.67. The number of carbonyl (C=O) groups is 2. The molecular weight excluding hydrogens is 364 g/mol. The molecule has 0 aliphatic carbocycles. The number of unbranched alkanes of at least 4 members (excludes halogenated alkanes) is 2. The van der Waals surface area contributed by atoms with Gasteiger partial charge in [-0.05, 0) is 30.0 Å². The van der Waals surface area contributed by atoms with Gasteiger partial charge >= 0.3 is 11.9 Å². The third kappa shape index (κ3) is 7.04. The number of carbonyl (C=O) groups excluding carboxylic acids is 1. The molecule has 0 radical (unpaired) electrons. The first-order valence-corrected chi connectivity index (χ1v) is 10.6. The second-order valence-corrected chi connectivity index (χ2v) is 7.54. The number of esters is 1. The monoisotopic (exact) mass is 396 g/mol. The summed E-state index contributed by atoms with van der Waals surface area (Å²) in [6.45, 7) is 4.38. The number of carboxylic acids is 1. The summed E-state index contributed by atoms with van der Waals surface area (Å²) in [5.74, 6) is -1.24. The van der Waals surface area contributed by atoms with E-state index in [0.29, 0.717) is 5.92 Å². The molecule has 0 amide bonds. The van der Waals surface area contributed by atoms with Gasteiger partial charge in [0.25, 0.3) is 0 Å². The maximum atomic E-state index is 12.9. The van der Waals surface area contributed by atoms with E-state index in [1.54, 1.807) is 12.1 Å². The molecule has 0 aliphatic heterocycles. The van der Waals surface area contributed by atoms with Crippen molar-refractivity contribution < 1.29 is 19.4 Å². The van der Waals surface area contributed by atoms with E-state index >= 15 is 0 Å². The molecule has 0 spiro atoms. The Kier molecular flexibility index (Phi) is 9.42. The van der Waals surface area contributed by atoms with E-state index in [1.165, 1.54) is 31.4 Å². The molecule has 0 bridgehead atoms. The van der Waals surface area contributed by atoms with E-state index < -0.39 is 11.9 Å². The van der Waals surface area contributed by atoms with E-state index in [-0.39, 0.29) is 17.2 Å². The van der Waals surface area contributed by atoms with E-state index in [2.05, 4.69) is 13.8 Å². The van der Waals surface area contributed by atoms with E-state index in [4.69, 9.17) is 4.74 Å². The van der Waals surface area contributed by atoms with Crippen LogP contribution >= 0.6 is 0 Å². The fourth-order valence-electron chi connectivity index (χ4n) is 3.73. The van der Waals surface area contributed by atoms with Gasteiger partial charge in [-0.2, -0.15) is 0 Å². The molecule has 2 unspecified atom stereocenters. The quantitative estimate of drug-likeness (QED) is 0.321. The number of benzene rings is 2. The molecule has 4 heteroatoms. The molecule has 0 fully saturated rings. The predicted molar refractivity (Wildman–Crippen MR) is 115 cm³/mol. The second kappa shape index (κ2) is 12.1. The van der Waals surface area contributed by atoms with E-state index in [1.807, 2.05) is 30.3 Å². The van der Waals surface area contributed by atoms with Gasteiger partial charge in [-0.25, -0.2) is 9.59 Å². The summed E-state index contributed by atoms with van der Waals surface area (Å²) in [7, 11) is 0. The summed E-state index contributed by atoms with van der Waals surface area (Å²) in [5.41, 5.74) is 1.02. The normalized spacial score (nSPS) is 12.9. The highest BCUT2D eigenvalue weighted by atomic mass is 16.5. The first kappa shape index (κ1) is 22.7. The Labute approximate surface area is 173 Å².